The summed E-state index contributed by atoms with van der Waals surface area (Å²) in [7, 11) is 0. The summed E-state index contributed by atoms with van der Waals surface area (Å²) in [5.74, 6) is 1.23. The van der Waals surface area contributed by atoms with Crippen molar-refractivity contribution in [3.05, 3.63) is 60.9 Å². The third kappa shape index (κ3) is 3.18. The Morgan fingerprint density at radius 2 is 1.94 bits per heavy atom. The van der Waals surface area contributed by atoms with Crippen LogP contribution in [0.15, 0.2) is 48.0 Å². The lowest BCUT2D eigenvalue weighted by atomic mass is 10.2. The van der Waals surface area contributed by atoms with Crippen LogP contribution >= 0.6 is 0 Å². The average Bonchev–Trinajstić information content (AvgIpc) is 2.77. The average molecular weight is 227 g/mol. The molecule has 0 aliphatic heterocycles. The summed E-state index contributed by atoms with van der Waals surface area (Å²) in [6, 6.07) is 0. The van der Waals surface area contributed by atoms with E-state index >= 15 is 0 Å². The van der Waals surface area contributed by atoms with E-state index in [0.29, 0.717) is 17.3 Å². The SMILES string of the molecule is C=Cc1nc(C(/C=C\C=C/C)=C\C)oc1C=C. The molecule has 0 amide bonds. The van der Waals surface area contributed by atoms with Gasteiger partial charge in [-0.2, -0.15) is 0 Å². The molecule has 0 aliphatic carbocycles. The highest BCUT2D eigenvalue weighted by atomic mass is 16.4. The van der Waals surface area contributed by atoms with E-state index in [-0.39, 0.29) is 0 Å². The monoisotopic (exact) mass is 227 g/mol. The lowest BCUT2D eigenvalue weighted by Gasteiger charge is -1.93. The van der Waals surface area contributed by atoms with E-state index in [0.717, 1.165) is 5.57 Å². The molecule has 0 bridgehead atoms. The molecule has 0 aromatic carbocycles. The number of rotatable bonds is 5. The first-order valence-corrected chi connectivity index (χ1v) is 5.48. The van der Waals surface area contributed by atoms with Crippen LogP contribution < -0.4 is 0 Å². The Morgan fingerprint density at radius 1 is 1.18 bits per heavy atom. The molecule has 0 saturated carbocycles. The molecule has 2 nitrogen and oxygen atoms in total. The number of hydrogen-bond acceptors (Lipinski definition) is 2. The van der Waals surface area contributed by atoms with Crippen LogP contribution in [0.5, 0.6) is 0 Å². The minimum absolute atomic E-state index is 0.582. The molecule has 0 unspecified atom stereocenters. The maximum absolute atomic E-state index is 5.59. The van der Waals surface area contributed by atoms with Crippen LogP contribution in [0, 0.1) is 0 Å². The standard InChI is InChI=1S/C15H17NO/c1-5-9-10-11-12(6-2)15-16-13(7-3)14(8-4)17-15/h5-11H,3-4H2,1-2H3/b9-5-,11-10-,12-6-. The summed E-state index contributed by atoms with van der Waals surface area (Å²) in [4.78, 5) is 4.35. The van der Waals surface area contributed by atoms with Crippen LogP contribution in [0.4, 0.5) is 0 Å². The van der Waals surface area contributed by atoms with Crippen molar-refractivity contribution >= 4 is 17.7 Å². The molecular weight excluding hydrogens is 210 g/mol. The quantitative estimate of drug-likeness (QED) is 0.692. The second-order valence-electron chi connectivity index (χ2n) is 3.31. The Bertz CT molecular complexity index is 462. The minimum Gasteiger partial charge on any atom is -0.436 e. The highest BCUT2D eigenvalue weighted by Gasteiger charge is 2.09. The molecule has 0 N–H and O–H groups in total. The van der Waals surface area contributed by atoms with Gasteiger partial charge in [-0.3, -0.25) is 0 Å². The summed E-state index contributed by atoms with van der Waals surface area (Å²) in [6.45, 7) is 11.3. The van der Waals surface area contributed by atoms with Crippen LogP contribution in [0.2, 0.25) is 0 Å². The molecule has 0 aliphatic rings. The Morgan fingerprint density at radius 3 is 2.41 bits per heavy atom. The number of nitrogens with zero attached hydrogens (tertiary/aromatic N) is 1. The van der Waals surface area contributed by atoms with E-state index in [2.05, 4.69) is 18.1 Å². The molecule has 0 atom stereocenters. The molecule has 0 fully saturated rings. The Balaban J connectivity index is 3.09. The Kier molecular flexibility index (Phi) is 4.95. The van der Waals surface area contributed by atoms with E-state index in [1.165, 1.54) is 0 Å². The molecule has 1 heterocycles. The van der Waals surface area contributed by atoms with Gasteiger partial charge in [0.25, 0.3) is 0 Å². The summed E-state index contributed by atoms with van der Waals surface area (Å²) >= 11 is 0. The van der Waals surface area contributed by atoms with Crippen molar-refractivity contribution in [1.29, 1.82) is 0 Å². The molecule has 88 valence electrons. The summed E-state index contributed by atoms with van der Waals surface area (Å²) < 4.78 is 5.59. The maximum Gasteiger partial charge on any atom is 0.226 e. The normalized spacial score (nSPS) is 12.5. The molecule has 1 aromatic heterocycles. The van der Waals surface area contributed by atoms with Gasteiger partial charge < -0.3 is 4.42 Å². The number of hydrogen-bond donors (Lipinski definition) is 0. The van der Waals surface area contributed by atoms with Crippen molar-refractivity contribution in [1.82, 2.24) is 4.98 Å². The third-order valence-corrected chi connectivity index (χ3v) is 2.20. The molecule has 2 heteroatoms. The van der Waals surface area contributed by atoms with E-state index in [1.54, 1.807) is 12.2 Å². The van der Waals surface area contributed by atoms with Gasteiger partial charge in [0, 0.05) is 5.57 Å². The Hall–Kier alpha value is -2.09. The van der Waals surface area contributed by atoms with Crippen molar-refractivity contribution in [3.8, 4) is 0 Å². The minimum atomic E-state index is 0.582. The molecule has 0 spiro atoms. The fourth-order valence-corrected chi connectivity index (χ4v) is 1.32. The molecular formula is C15H17NO. The fourth-order valence-electron chi connectivity index (χ4n) is 1.32. The van der Waals surface area contributed by atoms with Crippen LogP contribution in [0.1, 0.15) is 31.2 Å². The molecule has 0 radical (unpaired) electrons. The van der Waals surface area contributed by atoms with E-state index in [9.17, 15) is 0 Å². The summed E-state index contributed by atoms with van der Waals surface area (Å²) in [5, 5.41) is 0. The number of oxazole rings is 1. The van der Waals surface area contributed by atoms with Gasteiger partial charge in [0.2, 0.25) is 5.89 Å². The zero-order valence-electron chi connectivity index (χ0n) is 10.3. The topological polar surface area (TPSA) is 26.0 Å². The Labute approximate surface area is 102 Å². The first-order valence-electron chi connectivity index (χ1n) is 5.48. The third-order valence-electron chi connectivity index (χ3n) is 2.20. The molecule has 17 heavy (non-hydrogen) atoms. The van der Waals surface area contributed by atoms with Crippen LogP contribution in [0.25, 0.3) is 17.7 Å². The fraction of sp³-hybridized carbons (Fsp3) is 0.133. The van der Waals surface area contributed by atoms with Crippen LogP contribution in [0.3, 0.4) is 0 Å². The lowest BCUT2D eigenvalue weighted by Crippen LogP contribution is -1.80. The summed E-state index contributed by atoms with van der Waals surface area (Å²) in [6.07, 6.45) is 13.1. The van der Waals surface area contributed by atoms with Crippen molar-refractivity contribution in [2.45, 2.75) is 13.8 Å². The van der Waals surface area contributed by atoms with Crippen LogP contribution in [-0.2, 0) is 0 Å². The maximum atomic E-state index is 5.59. The largest absolute Gasteiger partial charge is 0.436 e. The van der Waals surface area contributed by atoms with Gasteiger partial charge in [0.05, 0.1) is 0 Å². The van der Waals surface area contributed by atoms with Crippen LogP contribution in [-0.4, -0.2) is 4.98 Å². The first kappa shape index (κ1) is 13.0. The molecule has 1 rings (SSSR count). The van der Waals surface area contributed by atoms with E-state index in [1.807, 2.05) is 44.2 Å². The van der Waals surface area contributed by atoms with Gasteiger partial charge >= 0.3 is 0 Å². The zero-order valence-corrected chi connectivity index (χ0v) is 10.3. The predicted molar refractivity (Wildman–Crippen MR) is 74.3 cm³/mol. The highest BCUT2D eigenvalue weighted by Crippen LogP contribution is 2.21. The second-order valence-corrected chi connectivity index (χ2v) is 3.31. The van der Waals surface area contributed by atoms with Gasteiger partial charge in [0.1, 0.15) is 5.69 Å². The van der Waals surface area contributed by atoms with E-state index < -0.39 is 0 Å². The molecule has 1 aromatic rings. The number of aromatic nitrogens is 1. The second kappa shape index (κ2) is 6.48. The van der Waals surface area contributed by atoms with Crippen molar-refractivity contribution in [3.63, 3.8) is 0 Å². The van der Waals surface area contributed by atoms with Crippen molar-refractivity contribution in [2.75, 3.05) is 0 Å². The van der Waals surface area contributed by atoms with Crippen molar-refractivity contribution < 1.29 is 4.42 Å². The van der Waals surface area contributed by atoms with Crippen molar-refractivity contribution in [2.24, 2.45) is 0 Å². The summed E-state index contributed by atoms with van der Waals surface area (Å²) in [5.41, 5.74) is 1.65. The zero-order chi connectivity index (χ0) is 12.7. The van der Waals surface area contributed by atoms with Gasteiger partial charge in [-0.25, -0.2) is 4.98 Å². The smallest absolute Gasteiger partial charge is 0.226 e. The van der Waals surface area contributed by atoms with Gasteiger partial charge in [0.15, 0.2) is 5.76 Å². The lowest BCUT2D eigenvalue weighted by molar-refractivity contribution is 0.534. The van der Waals surface area contributed by atoms with Gasteiger partial charge in [-0.1, -0.05) is 37.5 Å². The van der Waals surface area contributed by atoms with E-state index in [4.69, 9.17) is 4.42 Å². The molecule has 0 saturated heterocycles. The van der Waals surface area contributed by atoms with Gasteiger partial charge in [-0.05, 0) is 32.1 Å². The first-order chi connectivity index (χ1) is 8.26. The predicted octanol–water partition coefficient (Wildman–Crippen LogP) is 4.50. The highest BCUT2D eigenvalue weighted by molar-refractivity contribution is 5.70. The van der Waals surface area contributed by atoms with Gasteiger partial charge in [-0.15, -0.1) is 0 Å². The number of allylic oxidation sites excluding steroid dienone is 6.